The summed E-state index contributed by atoms with van der Waals surface area (Å²) in [4.78, 5) is 2.17. The number of aryl methyl sites for hydroxylation is 1. The van der Waals surface area contributed by atoms with Crippen LogP contribution in [0.1, 0.15) is 42.4 Å². The summed E-state index contributed by atoms with van der Waals surface area (Å²) in [6, 6.07) is 5.87. The average Bonchev–Trinajstić information content (AvgIpc) is 3.48. The largest absolute Gasteiger partial charge is 0.507 e. The summed E-state index contributed by atoms with van der Waals surface area (Å²) in [5.74, 6) is 1.04. The molecular weight excluding hydrogens is 383 g/mol. The summed E-state index contributed by atoms with van der Waals surface area (Å²) in [6.45, 7) is 4.40. The number of halogens is 1. The number of nitrogens with one attached hydrogen (secondary N) is 1. The molecule has 0 amide bonds. The van der Waals surface area contributed by atoms with Crippen molar-refractivity contribution in [2.24, 2.45) is 0 Å². The Morgan fingerprint density at radius 1 is 1.30 bits per heavy atom. The van der Waals surface area contributed by atoms with Crippen LogP contribution in [0.4, 0.5) is 10.2 Å². The van der Waals surface area contributed by atoms with Gasteiger partial charge in [0.15, 0.2) is 5.82 Å². The van der Waals surface area contributed by atoms with Crippen LogP contribution in [0.5, 0.6) is 5.75 Å². The van der Waals surface area contributed by atoms with Crippen molar-refractivity contribution in [1.29, 1.82) is 0 Å². The molecule has 30 heavy (non-hydrogen) atoms. The number of ether oxygens (including phenoxy) is 1. The second kappa shape index (κ2) is 7.78. The van der Waals surface area contributed by atoms with Gasteiger partial charge in [0.05, 0.1) is 12.2 Å². The molecule has 1 atom stereocenters. The Bertz CT molecular complexity index is 945. The monoisotopic (exact) mass is 412 g/mol. The van der Waals surface area contributed by atoms with Crippen LogP contribution in [0.15, 0.2) is 18.2 Å². The summed E-state index contributed by atoms with van der Waals surface area (Å²) in [5, 5.41) is 23.2. The van der Waals surface area contributed by atoms with Crippen molar-refractivity contribution in [1.82, 2.24) is 15.1 Å². The fraction of sp³-hybridized carbons (Fsp3) is 0.565. The fourth-order valence-electron chi connectivity index (χ4n) is 4.78. The molecule has 0 bridgehead atoms. The van der Waals surface area contributed by atoms with Crippen LogP contribution in [0.3, 0.4) is 0 Å². The van der Waals surface area contributed by atoms with Gasteiger partial charge in [0.1, 0.15) is 18.1 Å². The van der Waals surface area contributed by atoms with Crippen molar-refractivity contribution in [2.75, 3.05) is 31.6 Å². The lowest BCUT2D eigenvalue weighted by Gasteiger charge is -2.34. The van der Waals surface area contributed by atoms with Crippen LogP contribution in [0.2, 0.25) is 0 Å². The van der Waals surface area contributed by atoms with E-state index in [1.807, 2.05) is 19.1 Å². The van der Waals surface area contributed by atoms with Gasteiger partial charge in [-0.2, -0.15) is 0 Å². The fourth-order valence-corrected chi connectivity index (χ4v) is 4.78. The highest BCUT2D eigenvalue weighted by Gasteiger charge is 2.48. The van der Waals surface area contributed by atoms with Crippen LogP contribution in [0.25, 0.3) is 11.3 Å². The molecule has 1 aromatic carbocycles. The number of alkyl halides is 1. The molecule has 1 aromatic heterocycles. The number of piperidine rings is 1. The third-order valence-corrected chi connectivity index (χ3v) is 6.67. The van der Waals surface area contributed by atoms with Crippen molar-refractivity contribution in [3.05, 3.63) is 34.9 Å². The van der Waals surface area contributed by atoms with E-state index in [1.165, 1.54) is 0 Å². The van der Waals surface area contributed by atoms with Crippen LogP contribution < -0.4 is 5.32 Å². The Balaban J connectivity index is 1.48. The Morgan fingerprint density at radius 2 is 2.17 bits per heavy atom. The molecule has 2 aromatic rings. The SMILES string of the molecule is Cc1ccc(-c2nnc(NC3CCCN(CCF)C3)c3c2COC2(CC2)C3)c(O)c1. The number of rotatable bonds is 5. The van der Waals surface area contributed by atoms with Crippen molar-refractivity contribution >= 4 is 5.82 Å². The number of hydrogen-bond donors (Lipinski definition) is 2. The first kappa shape index (κ1) is 19.7. The molecule has 2 N–H and O–H groups in total. The molecule has 5 rings (SSSR count). The Hall–Kier alpha value is -2.25. The topological polar surface area (TPSA) is 70.5 Å². The minimum atomic E-state index is -0.309. The van der Waals surface area contributed by atoms with E-state index in [2.05, 4.69) is 20.4 Å². The lowest BCUT2D eigenvalue weighted by atomic mass is 9.93. The van der Waals surface area contributed by atoms with E-state index < -0.39 is 0 Å². The molecule has 3 heterocycles. The second-order valence-electron chi connectivity index (χ2n) is 9.00. The maximum atomic E-state index is 12.8. The van der Waals surface area contributed by atoms with Gasteiger partial charge in [-0.3, -0.25) is 4.90 Å². The number of anilines is 1. The van der Waals surface area contributed by atoms with Crippen molar-refractivity contribution in [3.63, 3.8) is 0 Å². The zero-order valence-electron chi connectivity index (χ0n) is 17.5. The molecule has 7 heteroatoms. The number of likely N-dealkylation sites (tertiary alicyclic amines) is 1. The lowest BCUT2D eigenvalue weighted by Crippen LogP contribution is -2.43. The molecular formula is C23H29FN4O2. The highest BCUT2D eigenvalue weighted by atomic mass is 19.1. The molecule has 2 fully saturated rings. The molecule has 1 saturated heterocycles. The number of benzene rings is 1. The van der Waals surface area contributed by atoms with Crippen molar-refractivity contribution in [2.45, 2.75) is 57.3 Å². The van der Waals surface area contributed by atoms with Crippen LogP contribution in [-0.4, -0.2) is 58.2 Å². The number of aromatic hydroxyl groups is 1. The average molecular weight is 413 g/mol. The first-order valence-electron chi connectivity index (χ1n) is 10.9. The third kappa shape index (κ3) is 3.76. The van der Waals surface area contributed by atoms with E-state index in [0.717, 1.165) is 67.7 Å². The summed E-state index contributed by atoms with van der Waals surface area (Å²) in [7, 11) is 0. The molecule has 6 nitrogen and oxygen atoms in total. The van der Waals surface area contributed by atoms with Gasteiger partial charge in [0.2, 0.25) is 0 Å². The van der Waals surface area contributed by atoms with E-state index in [9.17, 15) is 9.50 Å². The quantitative estimate of drug-likeness (QED) is 0.782. The van der Waals surface area contributed by atoms with E-state index in [4.69, 9.17) is 4.74 Å². The van der Waals surface area contributed by atoms with Crippen molar-refractivity contribution in [3.8, 4) is 17.0 Å². The second-order valence-corrected chi connectivity index (χ2v) is 9.00. The summed E-state index contributed by atoms with van der Waals surface area (Å²) in [6.07, 6.45) is 5.07. The third-order valence-electron chi connectivity index (χ3n) is 6.67. The summed E-state index contributed by atoms with van der Waals surface area (Å²) >= 11 is 0. The smallest absolute Gasteiger partial charge is 0.152 e. The highest BCUT2D eigenvalue weighted by Crippen LogP contribution is 2.49. The molecule has 1 unspecified atom stereocenters. The van der Waals surface area contributed by atoms with Gasteiger partial charge < -0.3 is 15.2 Å². The molecule has 0 radical (unpaired) electrons. The van der Waals surface area contributed by atoms with Gasteiger partial charge in [0, 0.05) is 42.2 Å². The number of phenols is 1. The standard InChI is InChI=1S/C23H29FN4O2/c1-15-4-5-17(20(29)11-15)21-19-14-30-23(6-7-23)12-18(19)22(27-26-21)25-16-3-2-9-28(13-16)10-8-24/h4-5,11,16,29H,2-3,6-10,12-14H2,1H3,(H,25,27). The van der Waals surface area contributed by atoms with Gasteiger partial charge in [-0.05, 0) is 56.8 Å². The summed E-state index contributed by atoms with van der Waals surface area (Å²) in [5.41, 5.74) is 4.52. The predicted molar refractivity (Wildman–Crippen MR) is 113 cm³/mol. The highest BCUT2D eigenvalue weighted by molar-refractivity contribution is 5.73. The maximum absolute atomic E-state index is 12.8. The zero-order valence-corrected chi connectivity index (χ0v) is 17.5. The van der Waals surface area contributed by atoms with E-state index in [0.29, 0.717) is 24.4 Å². The minimum Gasteiger partial charge on any atom is -0.507 e. The van der Waals surface area contributed by atoms with E-state index >= 15 is 0 Å². The van der Waals surface area contributed by atoms with Gasteiger partial charge in [-0.1, -0.05) is 6.07 Å². The molecule has 1 aliphatic carbocycles. The number of nitrogens with zero attached hydrogens (tertiary/aromatic N) is 3. The molecule has 1 saturated carbocycles. The van der Waals surface area contributed by atoms with Gasteiger partial charge in [0.25, 0.3) is 0 Å². The van der Waals surface area contributed by atoms with Crippen molar-refractivity contribution < 1.29 is 14.2 Å². The Morgan fingerprint density at radius 3 is 2.93 bits per heavy atom. The molecule has 2 aliphatic heterocycles. The Kier molecular flexibility index (Phi) is 5.11. The van der Waals surface area contributed by atoms with Crippen LogP contribution >= 0.6 is 0 Å². The van der Waals surface area contributed by atoms with Gasteiger partial charge in [-0.15, -0.1) is 10.2 Å². The number of phenolic OH excluding ortho intramolecular Hbond substituents is 1. The van der Waals surface area contributed by atoms with Crippen LogP contribution in [0, 0.1) is 6.92 Å². The first-order valence-corrected chi connectivity index (χ1v) is 10.9. The maximum Gasteiger partial charge on any atom is 0.152 e. The number of fused-ring (bicyclic) bond motifs is 1. The molecule has 160 valence electrons. The predicted octanol–water partition coefficient (Wildman–Crippen LogP) is 3.61. The minimum absolute atomic E-state index is 0.0497. The Labute approximate surface area is 176 Å². The molecule has 3 aliphatic rings. The molecule has 1 spiro atoms. The zero-order chi connectivity index (χ0) is 20.7. The van der Waals surface area contributed by atoms with Gasteiger partial charge >= 0.3 is 0 Å². The van der Waals surface area contributed by atoms with E-state index in [1.54, 1.807) is 6.07 Å². The number of hydrogen-bond acceptors (Lipinski definition) is 6. The van der Waals surface area contributed by atoms with Crippen LogP contribution in [-0.2, 0) is 17.8 Å². The van der Waals surface area contributed by atoms with Gasteiger partial charge in [-0.25, -0.2) is 4.39 Å². The number of aromatic nitrogens is 2. The van der Waals surface area contributed by atoms with E-state index in [-0.39, 0.29) is 24.1 Å². The first-order chi connectivity index (χ1) is 14.6. The lowest BCUT2D eigenvalue weighted by molar-refractivity contribution is 0.00828. The normalized spacial score (nSPS) is 22.7. The summed E-state index contributed by atoms with van der Waals surface area (Å²) < 4.78 is 19.0.